The van der Waals surface area contributed by atoms with Crippen LogP contribution >= 0.6 is 11.6 Å². The van der Waals surface area contributed by atoms with Gasteiger partial charge in [0.15, 0.2) is 0 Å². The van der Waals surface area contributed by atoms with E-state index in [0.717, 1.165) is 24.3 Å². The Morgan fingerprint density at radius 1 is 1.06 bits per heavy atom. The largest absolute Gasteiger partial charge is 0.416 e. The number of alkyl halides is 3. The quantitative estimate of drug-likeness (QED) is 0.449. The predicted octanol–water partition coefficient (Wildman–Crippen LogP) is 4.95. The number of nitrogens with zero attached hydrogens (tertiary/aromatic N) is 2. The summed E-state index contributed by atoms with van der Waals surface area (Å²) in [6.07, 6.45) is -4.09. The zero-order chi connectivity index (χ0) is 22.3. The maximum absolute atomic E-state index is 14.1. The van der Waals surface area contributed by atoms with Gasteiger partial charge in [0.05, 0.1) is 21.8 Å². The first-order valence-corrected chi connectivity index (χ1v) is 9.65. The van der Waals surface area contributed by atoms with E-state index in [1.807, 2.05) is 0 Å². The molecule has 0 radical (unpaired) electrons. The Kier molecular flexibility index (Phi) is 5.57. The van der Waals surface area contributed by atoms with Gasteiger partial charge < -0.3 is 4.98 Å². The first-order chi connectivity index (χ1) is 14.6. The van der Waals surface area contributed by atoms with Crippen molar-refractivity contribution in [3.63, 3.8) is 0 Å². The summed E-state index contributed by atoms with van der Waals surface area (Å²) in [6, 6.07) is 6.29. The number of halogens is 6. The number of benzene rings is 2. The molecule has 1 aliphatic rings. The molecule has 3 aromatic rings. The van der Waals surface area contributed by atoms with E-state index in [9.17, 15) is 26.7 Å². The van der Waals surface area contributed by atoms with Crippen LogP contribution in [0.3, 0.4) is 0 Å². The van der Waals surface area contributed by atoms with Gasteiger partial charge in [-0.15, -0.1) is 0 Å². The van der Waals surface area contributed by atoms with Crippen molar-refractivity contribution in [2.75, 3.05) is 6.54 Å². The number of hydrogen-bond donors (Lipinski definition) is 1. The molecule has 0 saturated heterocycles. The molecule has 4 nitrogen and oxygen atoms in total. The van der Waals surface area contributed by atoms with Crippen molar-refractivity contribution in [2.45, 2.75) is 25.7 Å². The first-order valence-electron chi connectivity index (χ1n) is 9.28. The predicted molar refractivity (Wildman–Crippen MR) is 104 cm³/mol. The van der Waals surface area contributed by atoms with E-state index >= 15 is 0 Å². The normalized spacial score (nSPS) is 14.5. The molecule has 0 spiro atoms. The third-order valence-corrected chi connectivity index (χ3v) is 5.56. The van der Waals surface area contributed by atoms with Crippen LogP contribution in [0, 0.1) is 11.6 Å². The summed E-state index contributed by atoms with van der Waals surface area (Å²) in [4.78, 5) is 21.4. The molecule has 2 aromatic carbocycles. The standard InChI is InChI=1S/C21H15ClF5N3O/c22-18-13(15(23)5-6-16(18)24)9-30-8-7-17-14(10-30)20(31)29-19(28-17)11-1-3-12(4-2-11)21(25,26)27/h1-6H,7-10H2,(H,28,29,31). The number of fused-ring (bicyclic) bond motifs is 1. The fourth-order valence-corrected chi connectivity index (χ4v) is 3.72. The number of rotatable bonds is 3. The second-order valence-corrected chi connectivity index (χ2v) is 7.58. The van der Waals surface area contributed by atoms with Crippen LogP contribution in [-0.2, 0) is 25.7 Å². The summed E-state index contributed by atoms with van der Waals surface area (Å²) in [5.74, 6) is -1.19. The molecular formula is C21H15ClF5N3O. The fourth-order valence-electron chi connectivity index (χ4n) is 3.51. The monoisotopic (exact) mass is 455 g/mol. The van der Waals surface area contributed by atoms with Gasteiger partial charge in [0.25, 0.3) is 5.56 Å². The lowest BCUT2D eigenvalue weighted by Gasteiger charge is -2.28. The van der Waals surface area contributed by atoms with Gasteiger partial charge in [-0.1, -0.05) is 23.7 Å². The summed E-state index contributed by atoms with van der Waals surface area (Å²) in [5, 5.41) is -0.296. The molecule has 1 N–H and O–H groups in total. The van der Waals surface area contributed by atoms with Gasteiger partial charge in [-0.05, 0) is 24.3 Å². The van der Waals surface area contributed by atoms with Crippen LogP contribution in [0.1, 0.15) is 22.4 Å². The third kappa shape index (κ3) is 4.33. The minimum absolute atomic E-state index is 0.0101. The molecule has 0 saturated carbocycles. The molecule has 1 aromatic heterocycles. The van der Waals surface area contributed by atoms with Crippen molar-refractivity contribution in [3.8, 4) is 11.4 Å². The highest BCUT2D eigenvalue weighted by Gasteiger charge is 2.30. The number of aromatic nitrogens is 2. The topological polar surface area (TPSA) is 49.0 Å². The summed E-state index contributed by atoms with van der Waals surface area (Å²) in [5.41, 5.74) is 0.0150. The van der Waals surface area contributed by atoms with Gasteiger partial charge in [-0.25, -0.2) is 13.8 Å². The number of hydrogen-bond acceptors (Lipinski definition) is 3. The number of H-pyrrole nitrogens is 1. The number of nitrogens with one attached hydrogen (secondary N) is 1. The maximum atomic E-state index is 14.1. The highest BCUT2D eigenvalue weighted by molar-refractivity contribution is 6.31. The SMILES string of the molecule is O=c1[nH]c(-c2ccc(C(F)(F)F)cc2)nc2c1CN(Cc1c(F)ccc(F)c1Cl)CC2. The zero-order valence-electron chi connectivity index (χ0n) is 15.9. The Bertz CT molecular complexity index is 1190. The van der Waals surface area contributed by atoms with Crippen molar-refractivity contribution >= 4 is 11.6 Å². The van der Waals surface area contributed by atoms with Gasteiger partial charge in [0.1, 0.15) is 17.5 Å². The van der Waals surface area contributed by atoms with Crippen LogP contribution in [0.4, 0.5) is 22.0 Å². The van der Waals surface area contributed by atoms with Crippen molar-refractivity contribution < 1.29 is 22.0 Å². The Morgan fingerprint density at radius 3 is 2.42 bits per heavy atom. The van der Waals surface area contributed by atoms with Gasteiger partial charge in [0, 0.05) is 37.2 Å². The van der Waals surface area contributed by atoms with E-state index in [0.29, 0.717) is 29.8 Å². The van der Waals surface area contributed by atoms with Crippen molar-refractivity contribution in [1.29, 1.82) is 0 Å². The molecule has 0 amide bonds. The Labute approximate surface area is 178 Å². The lowest BCUT2D eigenvalue weighted by molar-refractivity contribution is -0.137. The molecule has 31 heavy (non-hydrogen) atoms. The fraction of sp³-hybridized carbons (Fsp3) is 0.238. The van der Waals surface area contributed by atoms with Gasteiger partial charge in [-0.2, -0.15) is 13.2 Å². The smallest absolute Gasteiger partial charge is 0.306 e. The van der Waals surface area contributed by atoms with Crippen LogP contribution in [-0.4, -0.2) is 21.4 Å². The van der Waals surface area contributed by atoms with Crippen molar-refractivity contribution in [1.82, 2.24) is 14.9 Å². The zero-order valence-corrected chi connectivity index (χ0v) is 16.6. The second-order valence-electron chi connectivity index (χ2n) is 7.20. The molecule has 1 aliphatic heterocycles. The molecule has 162 valence electrons. The average Bonchev–Trinajstić information content (AvgIpc) is 2.73. The minimum Gasteiger partial charge on any atom is -0.306 e. The van der Waals surface area contributed by atoms with Crippen LogP contribution in [0.2, 0.25) is 5.02 Å². The average molecular weight is 456 g/mol. The maximum Gasteiger partial charge on any atom is 0.416 e. The summed E-state index contributed by atoms with van der Waals surface area (Å²) in [6.45, 7) is 0.585. The van der Waals surface area contributed by atoms with Crippen LogP contribution in [0.15, 0.2) is 41.2 Å². The van der Waals surface area contributed by atoms with Gasteiger partial charge >= 0.3 is 6.18 Å². The van der Waals surface area contributed by atoms with Crippen molar-refractivity contribution in [2.24, 2.45) is 0 Å². The third-order valence-electron chi connectivity index (χ3n) is 5.15. The van der Waals surface area contributed by atoms with Crippen LogP contribution < -0.4 is 5.56 Å². The minimum atomic E-state index is -4.46. The van der Waals surface area contributed by atoms with Crippen LogP contribution in [0.5, 0.6) is 0 Å². The highest BCUT2D eigenvalue weighted by atomic mass is 35.5. The summed E-state index contributed by atoms with van der Waals surface area (Å²) < 4.78 is 66.0. The Hall–Kier alpha value is -2.78. The van der Waals surface area contributed by atoms with E-state index < -0.39 is 28.9 Å². The number of aromatic amines is 1. The van der Waals surface area contributed by atoms with Crippen molar-refractivity contribution in [3.05, 3.63) is 85.8 Å². The molecule has 4 rings (SSSR count). The lowest BCUT2D eigenvalue weighted by Crippen LogP contribution is -2.35. The molecule has 2 heterocycles. The highest BCUT2D eigenvalue weighted by Crippen LogP contribution is 2.31. The van der Waals surface area contributed by atoms with E-state index in [1.165, 1.54) is 12.1 Å². The van der Waals surface area contributed by atoms with Crippen LogP contribution in [0.25, 0.3) is 11.4 Å². The Morgan fingerprint density at radius 2 is 1.74 bits per heavy atom. The molecular weight excluding hydrogens is 441 g/mol. The molecule has 0 atom stereocenters. The van der Waals surface area contributed by atoms with E-state index in [4.69, 9.17) is 11.6 Å². The van der Waals surface area contributed by atoms with E-state index in [1.54, 1.807) is 4.90 Å². The summed E-state index contributed by atoms with van der Waals surface area (Å²) in [7, 11) is 0. The first kappa shape index (κ1) is 21.5. The van der Waals surface area contributed by atoms with Gasteiger partial charge in [0.2, 0.25) is 0 Å². The molecule has 0 unspecified atom stereocenters. The molecule has 0 fully saturated rings. The van der Waals surface area contributed by atoms with E-state index in [-0.39, 0.29) is 29.5 Å². The molecule has 0 bridgehead atoms. The van der Waals surface area contributed by atoms with E-state index in [2.05, 4.69) is 9.97 Å². The lowest BCUT2D eigenvalue weighted by atomic mass is 10.0. The summed E-state index contributed by atoms with van der Waals surface area (Å²) >= 11 is 5.88. The Balaban J connectivity index is 1.58. The van der Waals surface area contributed by atoms with Gasteiger partial charge in [-0.3, -0.25) is 9.69 Å². The molecule has 10 heteroatoms. The second kappa shape index (κ2) is 8.05. The molecule has 0 aliphatic carbocycles.